The zero-order valence-electron chi connectivity index (χ0n) is 27.8. The third-order valence-electron chi connectivity index (χ3n) is 7.97. The number of rotatable bonds is 19. The Labute approximate surface area is 293 Å². The lowest BCUT2D eigenvalue weighted by Crippen LogP contribution is -2.58. The van der Waals surface area contributed by atoms with Crippen LogP contribution in [0.4, 0.5) is 0 Å². The van der Waals surface area contributed by atoms with Gasteiger partial charge >= 0.3 is 5.97 Å². The Hall–Kier alpha value is -6.23. The van der Waals surface area contributed by atoms with Gasteiger partial charge in [0.25, 0.3) is 0 Å². The zero-order valence-corrected chi connectivity index (χ0v) is 27.8. The number of nitrogens with two attached hydrogens (primary N) is 3. The van der Waals surface area contributed by atoms with E-state index in [1.165, 1.54) is 6.33 Å². The monoisotopic (exact) mass is 701 g/mol. The first-order valence-electron chi connectivity index (χ1n) is 16.3. The third-order valence-corrected chi connectivity index (χ3v) is 7.97. The summed E-state index contributed by atoms with van der Waals surface area (Å²) in [5.41, 5.74) is 20.0. The van der Waals surface area contributed by atoms with Crippen LogP contribution < -0.4 is 38.5 Å². The maximum absolute atomic E-state index is 13.9. The second kappa shape index (κ2) is 18.5. The minimum absolute atomic E-state index is 0.0107. The first kappa shape index (κ1) is 37.6. The van der Waals surface area contributed by atoms with Crippen molar-refractivity contribution < 1.29 is 29.1 Å². The van der Waals surface area contributed by atoms with Gasteiger partial charge in [-0.15, -0.1) is 0 Å². The van der Waals surface area contributed by atoms with Crippen LogP contribution in [0.15, 0.2) is 78.3 Å². The molecule has 13 N–H and O–H groups in total. The van der Waals surface area contributed by atoms with Crippen molar-refractivity contribution in [1.82, 2.24) is 36.2 Å². The zero-order chi connectivity index (χ0) is 36.8. The topological polar surface area (TPSA) is 289 Å². The van der Waals surface area contributed by atoms with E-state index in [0.29, 0.717) is 11.3 Å². The summed E-state index contributed by atoms with van der Waals surface area (Å²) in [5.74, 6) is -4.13. The molecule has 0 aliphatic carbocycles. The number of hydrogen-bond donors (Lipinski definition) is 10. The highest BCUT2D eigenvalue weighted by Gasteiger charge is 2.31. The Balaban J connectivity index is 1.56. The number of carboxylic acid groups (broad SMARTS) is 1. The van der Waals surface area contributed by atoms with Gasteiger partial charge < -0.3 is 53.5 Å². The minimum atomic E-state index is -1.26. The fourth-order valence-corrected chi connectivity index (χ4v) is 5.40. The number of amides is 4. The van der Waals surface area contributed by atoms with E-state index >= 15 is 0 Å². The van der Waals surface area contributed by atoms with Crippen molar-refractivity contribution in [3.05, 3.63) is 90.1 Å². The fraction of sp³-hybridized carbons (Fsp3) is 0.324. The number of carboxylic acids is 1. The highest BCUT2D eigenvalue weighted by molar-refractivity contribution is 5.96. The van der Waals surface area contributed by atoms with Crippen LogP contribution in [-0.4, -0.2) is 92.9 Å². The molecule has 2 heterocycles. The van der Waals surface area contributed by atoms with Crippen LogP contribution in [0.25, 0.3) is 10.9 Å². The molecule has 2 aromatic heterocycles. The molecule has 0 saturated heterocycles. The molecule has 0 radical (unpaired) electrons. The average molecular weight is 702 g/mol. The Morgan fingerprint density at radius 3 is 2.18 bits per heavy atom. The van der Waals surface area contributed by atoms with Gasteiger partial charge in [-0.3, -0.25) is 29.0 Å². The number of benzene rings is 2. The standard InChI is InChI=1S/C34H43N11O6/c35-24(15-22-17-38-19-42-22)30(48)44-27(13-20-7-2-1-3-8-20)33(51)43-26(11-6-12-39-34(36)37)32(50)45-28(31(49)41-18-29(46)47)14-21-16-40-25-10-5-4-9-23(21)25/h1-5,7-10,16-17,19,24,26-28,40H,6,11-15,18,35H2,(H,38,42)(H,41,49)(H,43,51)(H,44,48)(H,45,50)(H,46,47)(H4,36,37,39). The van der Waals surface area contributed by atoms with Crippen LogP contribution in [0, 0.1) is 0 Å². The van der Waals surface area contributed by atoms with Gasteiger partial charge in [0.1, 0.15) is 24.7 Å². The number of carbonyl (C=O) groups excluding carboxylic acids is 4. The maximum atomic E-state index is 13.9. The molecule has 4 rings (SSSR count). The number of aromatic amines is 2. The summed E-state index contributed by atoms with van der Waals surface area (Å²) in [6, 6.07) is 11.8. The number of imidazole rings is 1. The number of aliphatic imine (C=N–C) groups is 1. The maximum Gasteiger partial charge on any atom is 0.322 e. The number of para-hydroxylation sites is 1. The molecule has 4 unspecified atom stereocenters. The van der Waals surface area contributed by atoms with E-state index in [9.17, 15) is 24.0 Å². The number of hydrogen-bond acceptors (Lipinski definition) is 8. The fourth-order valence-electron chi connectivity index (χ4n) is 5.40. The van der Waals surface area contributed by atoms with E-state index in [1.807, 2.05) is 30.3 Å². The average Bonchev–Trinajstić information content (AvgIpc) is 3.78. The van der Waals surface area contributed by atoms with E-state index in [4.69, 9.17) is 22.3 Å². The molecule has 270 valence electrons. The van der Waals surface area contributed by atoms with Gasteiger partial charge in [-0.1, -0.05) is 48.5 Å². The van der Waals surface area contributed by atoms with E-state index in [-0.39, 0.29) is 44.6 Å². The van der Waals surface area contributed by atoms with Gasteiger partial charge in [0, 0.05) is 54.8 Å². The van der Waals surface area contributed by atoms with Crippen molar-refractivity contribution in [3.63, 3.8) is 0 Å². The predicted molar refractivity (Wildman–Crippen MR) is 189 cm³/mol. The molecule has 4 amide bonds. The number of fused-ring (bicyclic) bond motifs is 1. The molecule has 4 aromatic rings. The highest BCUT2D eigenvalue weighted by Crippen LogP contribution is 2.19. The molecule has 0 spiro atoms. The van der Waals surface area contributed by atoms with Gasteiger partial charge in [0.2, 0.25) is 23.6 Å². The molecular weight excluding hydrogens is 658 g/mol. The van der Waals surface area contributed by atoms with Crippen molar-refractivity contribution in [2.75, 3.05) is 13.1 Å². The van der Waals surface area contributed by atoms with Crippen molar-refractivity contribution in [3.8, 4) is 0 Å². The van der Waals surface area contributed by atoms with Gasteiger partial charge in [-0.05, 0) is 30.0 Å². The van der Waals surface area contributed by atoms with Crippen LogP contribution >= 0.6 is 0 Å². The van der Waals surface area contributed by atoms with E-state index in [2.05, 4.69) is 41.2 Å². The van der Waals surface area contributed by atoms with Crippen molar-refractivity contribution in [2.24, 2.45) is 22.2 Å². The molecule has 51 heavy (non-hydrogen) atoms. The number of aromatic nitrogens is 3. The minimum Gasteiger partial charge on any atom is -0.480 e. The molecule has 4 atom stereocenters. The quantitative estimate of drug-likeness (QED) is 0.0322. The molecule has 2 aromatic carbocycles. The molecular formula is C34H43N11O6. The molecule has 0 saturated carbocycles. The second-order valence-electron chi connectivity index (χ2n) is 11.9. The summed E-state index contributed by atoms with van der Waals surface area (Å²) >= 11 is 0. The van der Waals surface area contributed by atoms with Gasteiger partial charge in [-0.2, -0.15) is 0 Å². The first-order chi connectivity index (χ1) is 24.5. The lowest BCUT2D eigenvalue weighted by molar-refractivity contribution is -0.138. The normalized spacial score (nSPS) is 13.3. The lowest BCUT2D eigenvalue weighted by Gasteiger charge is -2.26. The van der Waals surface area contributed by atoms with Crippen molar-refractivity contribution >= 4 is 46.5 Å². The summed E-state index contributed by atoms with van der Waals surface area (Å²) in [7, 11) is 0. The van der Waals surface area contributed by atoms with Crippen LogP contribution in [0.2, 0.25) is 0 Å². The Morgan fingerprint density at radius 1 is 0.804 bits per heavy atom. The second-order valence-corrected chi connectivity index (χ2v) is 11.9. The largest absolute Gasteiger partial charge is 0.480 e. The molecule has 17 heteroatoms. The summed E-state index contributed by atoms with van der Waals surface area (Å²) in [6.07, 6.45) is 5.26. The van der Waals surface area contributed by atoms with E-state index < -0.39 is 60.3 Å². The highest BCUT2D eigenvalue weighted by atomic mass is 16.4. The SMILES string of the molecule is NC(N)=NCCCC(NC(=O)C(Cc1ccccc1)NC(=O)C(N)Cc1cnc[nH]1)C(=O)NC(Cc1c[nH]c2ccccc12)C(=O)NCC(=O)O. The summed E-state index contributed by atoms with van der Waals surface area (Å²) in [4.78, 5) is 79.4. The molecule has 0 aliphatic rings. The molecule has 17 nitrogen and oxygen atoms in total. The van der Waals surface area contributed by atoms with Crippen LogP contribution in [0.3, 0.4) is 0 Å². The number of carbonyl (C=O) groups is 5. The van der Waals surface area contributed by atoms with Gasteiger partial charge in [-0.25, -0.2) is 4.98 Å². The van der Waals surface area contributed by atoms with Crippen molar-refractivity contribution in [2.45, 2.75) is 56.3 Å². The lowest BCUT2D eigenvalue weighted by atomic mass is 10.0. The number of H-pyrrole nitrogens is 2. The summed E-state index contributed by atoms with van der Waals surface area (Å²) < 4.78 is 0. The van der Waals surface area contributed by atoms with Crippen LogP contribution in [0.5, 0.6) is 0 Å². The first-order valence-corrected chi connectivity index (χ1v) is 16.3. The number of aliphatic carboxylic acids is 1. The van der Waals surface area contributed by atoms with Crippen LogP contribution in [0.1, 0.15) is 29.7 Å². The smallest absolute Gasteiger partial charge is 0.322 e. The van der Waals surface area contributed by atoms with Gasteiger partial charge in [0.05, 0.1) is 12.4 Å². The number of nitrogens with one attached hydrogen (secondary N) is 6. The molecule has 0 fully saturated rings. The molecule has 0 bridgehead atoms. The van der Waals surface area contributed by atoms with E-state index in [0.717, 1.165) is 16.5 Å². The van der Waals surface area contributed by atoms with Crippen LogP contribution in [-0.2, 0) is 43.2 Å². The summed E-state index contributed by atoms with van der Waals surface area (Å²) in [6.45, 7) is -0.520. The Morgan fingerprint density at radius 2 is 1.47 bits per heavy atom. The Kier molecular flexibility index (Phi) is 13.6. The van der Waals surface area contributed by atoms with Gasteiger partial charge in [0.15, 0.2) is 5.96 Å². The number of guanidine groups is 1. The third kappa shape index (κ3) is 11.7. The van der Waals surface area contributed by atoms with Crippen molar-refractivity contribution in [1.29, 1.82) is 0 Å². The van der Waals surface area contributed by atoms with E-state index in [1.54, 1.807) is 36.7 Å². The summed E-state index contributed by atoms with van der Waals surface area (Å²) in [5, 5.41) is 20.4. The number of nitrogens with zero attached hydrogens (tertiary/aromatic N) is 2. The molecule has 0 aliphatic heterocycles. The predicted octanol–water partition coefficient (Wildman–Crippen LogP) is -1.04. The Bertz CT molecular complexity index is 1810.